The van der Waals surface area contributed by atoms with Gasteiger partial charge in [0.25, 0.3) is 0 Å². The molecule has 3 N–H and O–H groups in total. The quantitative estimate of drug-likeness (QED) is 0.409. The van der Waals surface area contributed by atoms with Gasteiger partial charge in [0.05, 0.1) is 11.9 Å². The van der Waals surface area contributed by atoms with E-state index in [1.165, 1.54) is 0 Å². The van der Waals surface area contributed by atoms with Crippen LogP contribution in [-0.2, 0) is 5.33 Å². The van der Waals surface area contributed by atoms with Crippen LogP contribution in [0.3, 0.4) is 0 Å². The van der Waals surface area contributed by atoms with E-state index in [1.807, 2.05) is 31.2 Å². The lowest BCUT2D eigenvalue weighted by atomic mass is 10.1. The van der Waals surface area contributed by atoms with Crippen molar-refractivity contribution >= 4 is 56.5 Å². The summed E-state index contributed by atoms with van der Waals surface area (Å²) in [6.45, 7) is 1.82. The van der Waals surface area contributed by atoms with E-state index in [0.717, 1.165) is 22.4 Å². The number of carbonyl (C=O) groups is 1. The van der Waals surface area contributed by atoms with Crippen LogP contribution >= 0.6 is 39.1 Å². The summed E-state index contributed by atoms with van der Waals surface area (Å²) in [5, 5.41) is 14.2. The molecule has 1 heterocycles. The van der Waals surface area contributed by atoms with Crippen molar-refractivity contribution < 1.29 is 4.79 Å². The monoisotopic (exact) mass is 452 g/mol. The minimum atomic E-state index is -0.386. The lowest BCUT2D eigenvalue weighted by Crippen LogP contribution is -2.19. The Bertz CT molecular complexity index is 935. The predicted molar refractivity (Wildman–Crippen MR) is 110 cm³/mol. The summed E-state index contributed by atoms with van der Waals surface area (Å²) in [5.41, 5.74) is 4.82. The highest BCUT2D eigenvalue weighted by Crippen LogP contribution is 2.28. The number of carbonyl (C=O) groups excluding carboxylic acids is 1. The highest BCUT2D eigenvalue weighted by Gasteiger charge is 2.10. The minimum absolute atomic E-state index is 0.386. The molecule has 5 nitrogen and oxygen atoms in total. The molecule has 0 radical (unpaired) electrons. The van der Waals surface area contributed by atoms with Gasteiger partial charge in [-0.25, -0.2) is 4.79 Å². The molecule has 0 fully saturated rings. The number of halogens is 3. The van der Waals surface area contributed by atoms with Crippen molar-refractivity contribution in [3.05, 3.63) is 63.8 Å². The predicted octanol–water partition coefficient (Wildman–Crippen LogP) is 6.23. The van der Waals surface area contributed by atoms with E-state index in [0.29, 0.717) is 26.8 Å². The van der Waals surface area contributed by atoms with Gasteiger partial charge < -0.3 is 10.6 Å². The van der Waals surface area contributed by atoms with Gasteiger partial charge in [0.2, 0.25) is 0 Å². The Hall–Kier alpha value is -2.02. The van der Waals surface area contributed by atoms with Gasteiger partial charge in [0.1, 0.15) is 0 Å². The summed E-state index contributed by atoms with van der Waals surface area (Å²) in [7, 11) is 0. The number of benzene rings is 2. The zero-order valence-corrected chi connectivity index (χ0v) is 16.8. The number of rotatable bonds is 4. The highest BCUT2D eigenvalue weighted by atomic mass is 79.9. The molecule has 0 saturated heterocycles. The summed E-state index contributed by atoms with van der Waals surface area (Å²) in [6.07, 6.45) is 1.77. The third-order valence-corrected chi connectivity index (χ3v) is 5.20. The maximum absolute atomic E-state index is 12.3. The average molecular weight is 454 g/mol. The normalized spacial score (nSPS) is 10.6. The molecule has 3 aromatic rings. The van der Waals surface area contributed by atoms with Gasteiger partial charge in [0, 0.05) is 37.9 Å². The molecule has 0 aliphatic carbocycles. The van der Waals surface area contributed by atoms with Crippen molar-refractivity contribution in [1.82, 2.24) is 10.2 Å². The van der Waals surface area contributed by atoms with E-state index in [4.69, 9.17) is 23.2 Å². The number of amides is 2. The number of hydrogen-bond acceptors (Lipinski definition) is 2. The Balaban J connectivity index is 1.75. The van der Waals surface area contributed by atoms with Crippen molar-refractivity contribution in [3.63, 3.8) is 0 Å². The van der Waals surface area contributed by atoms with Crippen molar-refractivity contribution in [2.24, 2.45) is 0 Å². The molecular weight excluding hydrogens is 439 g/mol. The second-order valence-electron chi connectivity index (χ2n) is 5.63. The number of nitrogens with zero attached hydrogens (tertiary/aromatic N) is 1. The van der Waals surface area contributed by atoms with Crippen LogP contribution in [0.4, 0.5) is 16.2 Å². The van der Waals surface area contributed by atoms with Crippen LogP contribution in [0.1, 0.15) is 11.1 Å². The molecule has 8 heteroatoms. The Labute approximate surface area is 169 Å². The molecule has 0 spiro atoms. The summed E-state index contributed by atoms with van der Waals surface area (Å²) in [5.74, 6) is 0. The standard InChI is InChI=1S/C18H15BrCl2N4O/c1-10-15(20)6-14(7-16(10)21)24-18(26)23-13-4-2-3-11(5-13)17-12(8-19)9-22-25-17/h2-7,9H,8H2,1H3,(H,22,25)(H2,23,24,26). The van der Waals surface area contributed by atoms with Gasteiger partial charge >= 0.3 is 6.03 Å². The van der Waals surface area contributed by atoms with Crippen LogP contribution < -0.4 is 10.6 Å². The first kappa shape index (κ1) is 18.8. The summed E-state index contributed by atoms with van der Waals surface area (Å²) >= 11 is 15.6. The number of urea groups is 1. The van der Waals surface area contributed by atoms with Crippen molar-refractivity contribution in [3.8, 4) is 11.3 Å². The molecule has 26 heavy (non-hydrogen) atoms. The summed E-state index contributed by atoms with van der Waals surface area (Å²) in [6, 6.07) is 10.4. The Morgan fingerprint density at radius 3 is 2.54 bits per heavy atom. The van der Waals surface area contributed by atoms with E-state index < -0.39 is 0 Å². The second kappa shape index (κ2) is 8.12. The Morgan fingerprint density at radius 2 is 1.85 bits per heavy atom. The van der Waals surface area contributed by atoms with Crippen LogP contribution in [0.25, 0.3) is 11.3 Å². The first-order chi connectivity index (χ1) is 12.5. The maximum atomic E-state index is 12.3. The van der Waals surface area contributed by atoms with Crippen molar-refractivity contribution in [2.45, 2.75) is 12.3 Å². The SMILES string of the molecule is Cc1c(Cl)cc(NC(=O)Nc2cccc(-c3[nH]ncc3CBr)c2)cc1Cl. The smallest absolute Gasteiger partial charge is 0.308 e. The number of hydrogen-bond donors (Lipinski definition) is 3. The number of H-pyrrole nitrogens is 1. The molecule has 1 aromatic heterocycles. The fourth-order valence-electron chi connectivity index (χ4n) is 2.43. The molecule has 0 aliphatic heterocycles. The number of anilines is 2. The summed E-state index contributed by atoms with van der Waals surface area (Å²) < 4.78 is 0. The lowest BCUT2D eigenvalue weighted by Gasteiger charge is -2.11. The maximum Gasteiger partial charge on any atom is 0.323 e. The van der Waals surface area contributed by atoms with Crippen LogP contribution in [0, 0.1) is 6.92 Å². The molecule has 0 aliphatic rings. The van der Waals surface area contributed by atoms with Gasteiger partial charge in [-0.1, -0.05) is 51.3 Å². The van der Waals surface area contributed by atoms with Crippen molar-refractivity contribution in [2.75, 3.05) is 10.6 Å². The van der Waals surface area contributed by atoms with E-state index in [2.05, 4.69) is 36.8 Å². The molecule has 0 unspecified atom stereocenters. The molecule has 0 bridgehead atoms. The van der Waals surface area contributed by atoms with E-state index >= 15 is 0 Å². The lowest BCUT2D eigenvalue weighted by molar-refractivity contribution is 0.262. The topological polar surface area (TPSA) is 69.8 Å². The van der Waals surface area contributed by atoms with E-state index in [-0.39, 0.29) is 6.03 Å². The van der Waals surface area contributed by atoms with Crippen molar-refractivity contribution in [1.29, 1.82) is 0 Å². The molecular formula is C18H15BrCl2N4O. The van der Waals surface area contributed by atoms with E-state index in [1.54, 1.807) is 18.3 Å². The zero-order valence-electron chi connectivity index (χ0n) is 13.7. The van der Waals surface area contributed by atoms with Gasteiger partial charge in [-0.15, -0.1) is 0 Å². The third-order valence-electron chi connectivity index (χ3n) is 3.81. The zero-order chi connectivity index (χ0) is 18.7. The van der Waals surface area contributed by atoms with E-state index in [9.17, 15) is 4.79 Å². The molecule has 134 valence electrons. The van der Waals surface area contributed by atoms with Gasteiger partial charge in [0.15, 0.2) is 0 Å². The Kier molecular flexibility index (Phi) is 5.86. The third kappa shape index (κ3) is 4.20. The number of nitrogens with one attached hydrogen (secondary N) is 3. The average Bonchev–Trinajstić information content (AvgIpc) is 3.08. The van der Waals surface area contributed by atoms with Gasteiger partial charge in [-0.2, -0.15) is 5.10 Å². The fraction of sp³-hybridized carbons (Fsp3) is 0.111. The molecule has 3 rings (SSSR count). The number of aromatic amines is 1. The highest BCUT2D eigenvalue weighted by molar-refractivity contribution is 9.08. The minimum Gasteiger partial charge on any atom is -0.308 e. The first-order valence-electron chi connectivity index (χ1n) is 7.70. The van der Waals surface area contributed by atoms with Crippen LogP contribution in [0.5, 0.6) is 0 Å². The summed E-state index contributed by atoms with van der Waals surface area (Å²) in [4.78, 5) is 12.3. The molecule has 2 aromatic carbocycles. The first-order valence-corrected chi connectivity index (χ1v) is 9.58. The van der Waals surface area contributed by atoms with Gasteiger partial charge in [-0.05, 0) is 36.8 Å². The number of alkyl halides is 1. The molecule has 0 atom stereocenters. The molecule has 2 amide bonds. The number of aromatic nitrogens is 2. The second-order valence-corrected chi connectivity index (χ2v) is 7.00. The van der Waals surface area contributed by atoms with Crippen LogP contribution in [0.15, 0.2) is 42.6 Å². The molecule has 0 saturated carbocycles. The fourth-order valence-corrected chi connectivity index (χ4v) is 3.34. The van der Waals surface area contributed by atoms with Crippen LogP contribution in [-0.4, -0.2) is 16.2 Å². The Morgan fingerprint density at radius 1 is 1.15 bits per heavy atom. The largest absolute Gasteiger partial charge is 0.323 e. The van der Waals surface area contributed by atoms with Gasteiger partial charge in [-0.3, -0.25) is 5.10 Å². The van der Waals surface area contributed by atoms with Crippen LogP contribution in [0.2, 0.25) is 10.0 Å².